The topological polar surface area (TPSA) is 63.9 Å². The lowest BCUT2D eigenvalue weighted by molar-refractivity contribution is -0.108. The van der Waals surface area contributed by atoms with E-state index in [0.717, 1.165) is 48.3 Å². The molecule has 6 nitrogen and oxygen atoms in total. The Hall–Kier alpha value is -3.06. The van der Waals surface area contributed by atoms with Gasteiger partial charge < -0.3 is 13.9 Å². The third-order valence-electron chi connectivity index (χ3n) is 6.81. The predicted octanol–water partition coefficient (Wildman–Crippen LogP) is 5.03. The van der Waals surface area contributed by atoms with Crippen molar-refractivity contribution in [2.45, 2.75) is 52.5 Å². The summed E-state index contributed by atoms with van der Waals surface area (Å²) in [7, 11) is 0. The first-order valence-electron chi connectivity index (χ1n) is 12.0. The lowest BCUT2D eigenvalue weighted by Crippen LogP contribution is -2.52. The zero-order valence-electron chi connectivity index (χ0n) is 20.3. The molecular weight excluding hydrogens is 433 g/mol. The zero-order valence-corrected chi connectivity index (χ0v) is 20.3. The number of pyridine rings is 1. The molecule has 3 aromatic rings. The molecule has 7 heteroatoms. The van der Waals surface area contributed by atoms with Gasteiger partial charge in [-0.15, -0.1) is 0 Å². The first-order valence-corrected chi connectivity index (χ1v) is 12.0. The van der Waals surface area contributed by atoms with Crippen molar-refractivity contribution in [1.82, 2.24) is 14.3 Å². The normalized spacial score (nSPS) is 15.5. The summed E-state index contributed by atoms with van der Waals surface area (Å²) in [5.41, 5.74) is 3.69. The van der Waals surface area contributed by atoms with Crippen molar-refractivity contribution in [1.29, 1.82) is 0 Å². The minimum absolute atomic E-state index is 0.212. The summed E-state index contributed by atoms with van der Waals surface area (Å²) in [5, 5.41) is 0. The third kappa shape index (κ3) is 4.62. The summed E-state index contributed by atoms with van der Waals surface area (Å²) < 4.78 is 21.3. The highest BCUT2D eigenvalue weighted by atomic mass is 19.1. The number of imidazole rings is 1. The molecule has 180 valence electrons. The van der Waals surface area contributed by atoms with Crippen molar-refractivity contribution in [3.8, 4) is 11.1 Å². The van der Waals surface area contributed by atoms with Gasteiger partial charge in [0.1, 0.15) is 17.9 Å². The fraction of sp³-hybridized carbons (Fsp3) is 0.444. The molecule has 0 spiro atoms. The van der Waals surface area contributed by atoms with E-state index in [-0.39, 0.29) is 12.2 Å². The number of hydrogen-bond acceptors (Lipinski definition) is 5. The average molecular weight is 466 g/mol. The van der Waals surface area contributed by atoms with Gasteiger partial charge in [0.25, 0.3) is 0 Å². The molecular formula is C27H32FN3O3. The van der Waals surface area contributed by atoms with Crippen LogP contribution in [-0.2, 0) is 9.53 Å². The predicted molar refractivity (Wildman–Crippen MR) is 130 cm³/mol. The van der Waals surface area contributed by atoms with Gasteiger partial charge in [0.05, 0.1) is 23.9 Å². The molecule has 1 aliphatic rings. The molecule has 1 fully saturated rings. The molecule has 2 aromatic heterocycles. The van der Waals surface area contributed by atoms with Crippen LogP contribution < -0.4 is 0 Å². The van der Waals surface area contributed by atoms with Gasteiger partial charge in [-0.1, -0.05) is 19.9 Å². The van der Waals surface area contributed by atoms with Crippen LogP contribution in [0.3, 0.4) is 0 Å². The highest BCUT2D eigenvalue weighted by molar-refractivity contribution is 5.99. The van der Waals surface area contributed by atoms with E-state index in [1.54, 1.807) is 19.2 Å². The number of halogens is 1. The average Bonchev–Trinajstić information content (AvgIpc) is 3.15. The van der Waals surface area contributed by atoms with Gasteiger partial charge in [-0.3, -0.25) is 4.90 Å². The second-order valence-electron chi connectivity index (χ2n) is 9.36. The largest absolute Gasteiger partial charge is 0.462 e. The molecule has 4 rings (SSSR count). The van der Waals surface area contributed by atoms with Crippen molar-refractivity contribution in [3.63, 3.8) is 0 Å². The van der Waals surface area contributed by atoms with Gasteiger partial charge in [-0.2, -0.15) is 0 Å². The smallest absolute Gasteiger partial charge is 0.338 e. The monoisotopic (exact) mass is 465 g/mol. The van der Waals surface area contributed by atoms with Crippen LogP contribution in [0.25, 0.3) is 16.6 Å². The quantitative estimate of drug-likeness (QED) is 0.328. The van der Waals surface area contributed by atoms with E-state index in [2.05, 4.69) is 36.0 Å². The van der Waals surface area contributed by atoms with Crippen LogP contribution in [0.15, 0.2) is 36.7 Å². The van der Waals surface area contributed by atoms with Gasteiger partial charge in [-0.25, -0.2) is 14.2 Å². The van der Waals surface area contributed by atoms with Crippen molar-refractivity contribution >= 4 is 17.8 Å². The number of ether oxygens (including phenoxy) is 1. The van der Waals surface area contributed by atoms with E-state index < -0.39 is 11.8 Å². The van der Waals surface area contributed by atoms with Crippen LogP contribution in [0.1, 0.15) is 61.3 Å². The van der Waals surface area contributed by atoms with Crippen molar-refractivity contribution in [2.75, 3.05) is 19.7 Å². The van der Waals surface area contributed by atoms with Gasteiger partial charge >= 0.3 is 5.97 Å². The summed E-state index contributed by atoms with van der Waals surface area (Å²) in [5.74, 6) is 0.630. The highest BCUT2D eigenvalue weighted by Crippen LogP contribution is 2.37. The number of carbonyl (C=O) groups excluding carboxylic acids is 2. The lowest BCUT2D eigenvalue weighted by atomic mass is 9.85. The number of esters is 1. The minimum Gasteiger partial charge on any atom is -0.462 e. The molecule has 0 radical (unpaired) electrons. The second-order valence-corrected chi connectivity index (χ2v) is 9.36. The summed E-state index contributed by atoms with van der Waals surface area (Å²) in [6.45, 7) is 10.1. The number of carbonyl (C=O) groups is 2. The highest BCUT2D eigenvalue weighted by Gasteiger charge is 2.35. The first-order chi connectivity index (χ1) is 16.3. The molecule has 0 N–H and O–H groups in total. The summed E-state index contributed by atoms with van der Waals surface area (Å²) >= 11 is 0. The Morgan fingerprint density at radius 2 is 2.03 bits per heavy atom. The Morgan fingerprint density at radius 1 is 1.26 bits per heavy atom. The van der Waals surface area contributed by atoms with Crippen LogP contribution in [0.4, 0.5) is 4.39 Å². The van der Waals surface area contributed by atoms with Crippen molar-refractivity contribution < 1.29 is 18.7 Å². The van der Waals surface area contributed by atoms with E-state index in [1.165, 1.54) is 12.1 Å². The number of aldehydes is 1. The molecule has 0 aliphatic carbocycles. The fourth-order valence-corrected chi connectivity index (χ4v) is 4.98. The lowest BCUT2D eigenvalue weighted by Gasteiger charge is -2.46. The molecule has 1 aliphatic heterocycles. The Bertz CT molecular complexity index is 1200. The standard InChI is InChI=1S/C27H32FN3O3/c1-5-34-27(33)24-12-21(28)8-9-22(24)23-11-19(16-31-18(4)29-13-26(23)31)20-14-30(15-20)25(17(2)3)7-6-10-32/h8-13,16-17,20,25H,5-7,14-15H2,1-4H3/t25-/m0/s1. The number of nitrogens with zero attached hydrogens (tertiary/aromatic N) is 3. The number of hydrogen-bond donors (Lipinski definition) is 0. The molecule has 1 aromatic carbocycles. The van der Waals surface area contributed by atoms with Crippen LogP contribution in [0, 0.1) is 18.7 Å². The fourth-order valence-electron chi connectivity index (χ4n) is 4.98. The van der Waals surface area contributed by atoms with Crippen LogP contribution in [0.2, 0.25) is 0 Å². The van der Waals surface area contributed by atoms with Crippen molar-refractivity contribution in [3.05, 3.63) is 59.4 Å². The molecule has 0 unspecified atom stereocenters. The third-order valence-corrected chi connectivity index (χ3v) is 6.81. The zero-order chi connectivity index (χ0) is 24.4. The Labute approximate surface area is 199 Å². The first kappa shape index (κ1) is 24.1. The Kier molecular flexibility index (Phi) is 7.12. The number of benzene rings is 1. The number of aryl methyl sites for hydroxylation is 1. The van der Waals surface area contributed by atoms with E-state index >= 15 is 0 Å². The minimum atomic E-state index is -0.540. The van der Waals surface area contributed by atoms with E-state index in [1.807, 2.05) is 11.3 Å². The van der Waals surface area contributed by atoms with Crippen LogP contribution >= 0.6 is 0 Å². The van der Waals surface area contributed by atoms with Gasteiger partial charge in [0.2, 0.25) is 0 Å². The molecule has 34 heavy (non-hydrogen) atoms. The molecule has 1 saturated heterocycles. The molecule has 0 saturated carbocycles. The van der Waals surface area contributed by atoms with Crippen molar-refractivity contribution in [2.24, 2.45) is 5.92 Å². The Morgan fingerprint density at radius 3 is 2.71 bits per heavy atom. The van der Waals surface area contributed by atoms with E-state index in [0.29, 0.717) is 29.9 Å². The SMILES string of the molecule is CCOC(=O)c1cc(F)ccc1-c1cc(C2CN([C@@H](CCC=O)C(C)C)C2)cn2c(C)ncc12. The van der Waals surface area contributed by atoms with Crippen LogP contribution in [-0.4, -0.2) is 52.3 Å². The number of rotatable bonds is 9. The number of fused-ring (bicyclic) bond motifs is 1. The maximum Gasteiger partial charge on any atom is 0.338 e. The van der Waals surface area contributed by atoms with E-state index in [9.17, 15) is 14.0 Å². The molecule has 1 atom stereocenters. The van der Waals surface area contributed by atoms with Crippen LogP contribution in [0.5, 0.6) is 0 Å². The molecule has 0 bridgehead atoms. The summed E-state index contributed by atoms with van der Waals surface area (Å²) in [6, 6.07) is 6.74. The van der Waals surface area contributed by atoms with Gasteiger partial charge in [0, 0.05) is 43.2 Å². The Balaban J connectivity index is 1.72. The second kappa shape index (κ2) is 10.1. The van der Waals surface area contributed by atoms with Gasteiger partial charge in [0.15, 0.2) is 0 Å². The maximum absolute atomic E-state index is 14.1. The summed E-state index contributed by atoms with van der Waals surface area (Å²) in [6.07, 6.45) is 6.35. The van der Waals surface area contributed by atoms with E-state index in [4.69, 9.17) is 4.74 Å². The molecule has 0 amide bonds. The number of likely N-dealkylation sites (tertiary alicyclic amines) is 1. The van der Waals surface area contributed by atoms with Gasteiger partial charge in [-0.05, 0) is 55.5 Å². The maximum atomic E-state index is 14.1. The number of aromatic nitrogens is 2. The summed E-state index contributed by atoms with van der Waals surface area (Å²) in [4.78, 5) is 30.5. The molecule has 3 heterocycles.